The summed E-state index contributed by atoms with van der Waals surface area (Å²) in [6.07, 6.45) is 2.80. The number of hydrogen-bond donors (Lipinski definition) is 0. The van der Waals surface area contributed by atoms with Gasteiger partial charge in [0.2, 0.25) is 11.8 Å². The second kappa shape index (κ2) is 7.26. The molecule has 0 saturated carbocycles. The van der Waals surface area contributed by atoms with Crippen LogP contribution in [0.2, 0.25) is 0 Å². The van der Waals surface area contributed by atoms with Crippen LogP contribution < -0.4 is 9.64 Å². The van der Waals surface area contributed by atoms with Gasteiger partial charge in [0, 0.05) is 5.92 Å². The highest BCUT2D eigenvalue weighted by atomic mass is 16.5. The fourth-order valence-electron chi connectivity index (χ4n) is 3.42. The molecule has 0 spiro atoms. The summed E-state index contributed by atoms with van der Waals surface area (Å²) in [6.45, 7) is 6.62. The summed E-state index contributed by atoms with van der Waals surface area (Å²) in [5.41, 5.74) is 0.649. The second-order valence-electron chi connectivity index (χ2n) is 6.71. The quantitative estimate of drug-likeness (QED) is 0.573. The van der Waals surface area contributed by atoms with E-state index in [4.69, 9.17) is 4.74 Å². The lowest BCUT2D eigenvalue weighted by Crippen LogP contribution is -2.30. The number of nitrogens with zero attached hydrogens (tertiary/aromatic N) is 1. The molecule has 2 unspecified atom stereocenters. The zero-order valence-electron chi connectivity index (χ0n) is 15.1. The minimum Gasteiger partial charge on any atom is -0.494 e. The number of unbranched alkanes of at least 4 members (excludes halogenated alkanes) is 1. The smallest absolute Gasteiger partial charge is 0.237 e. The maximum Gasteiger partial charge on any atom is 0.237 e. The Labute approximate surface area is 148 Å². The third kappa shape index (κ3) is 3.26. The van der Waals surface area contributed by atoms with Gasteiger partial charge in [0.15, 0.2) is 0 Å². The van der Waals surface area contributed by atoms with E-state index in [9.17, 15) is 9.59 Å². The molecule has 1 fully saturated rings. The lowest BCUT2D eigenvalue weighted by Gasteiger charge is -2.16. The maximum absolute atomic E-state index is 12.6. The summed E-state index contributed by atoms with van der Waals surface area (Å²) in [5, 5.41) is 2.03. The summed E-state index contributed by atoms with van der Waals surface area (Å²) in [6, 6.07) is 11.6. The van der Waals surface area contributed by atoms with Crippen LogP contribution >= 0.6 is 0 Å². The zero-order valence-corrected chi connectivity index (χ0v) is 15.1. The Balaban J connectivity index is 1.92. The first-order chi connectivity index (χ1) is 12.1. The number of carbonyl (C=O) groups is 2. The van der Waals surface area contributed by atoms with Gasteiger partial charge in [0.05, 0.1) is 18.2 Å². The molecule has 0 aliphatic carbocycles. The molecular formula is C21H25NO3. The standard InChI is InChI=1S/C21H25NO3/c1-4-6-11-25-18-10-8-15-7-9-17(12-16(15)13-18)22-20(23)14(3)19(5-2)21(22)24/h7-10,12-14,19H,4-6,11H2,1-3H3. The Hall–Kier alpha value is -2.36. The van der Waals surface area contributed by atoms with Gasteiger partial charge in [-0.1, -0.05) is 39.3 Å². The highest BCUT2D eigenvalue weighted by Gasteiger charge is 2.44. The molecule has 1 saturated heterocycles. The Morgan fingerprint density at radius 3 is 2.44 bits per heavy atom. The minimum atomic E-state index is -0.253. The number of fused-ring (bicyclic) bond motifs is 1. The Bertz CT molecular complexity index is 799. The second-order valence-corrected chi connectivity index (χ2v) is 6.71. The van der Waals surface area contributed by atoms with Crippen LogP contribution in [0.15, 0.2) is 36.4 Å². The van der Waals surface area contributed by atoms with Crippen LogP contribution in [-0.2, 0) is 9.59 Å². The molecule has 1 aliphatic rings. The SMILES string of the molecule is CCCCOc1ccc2ccc(N3C(=O)C(C)C(CC)C3=O)cc2c1. The molecule has 2 atom stereocenters. The van der Waals surface area contributed by atoms with Crippen LogP contribution in [0.1, 0.15) is 40.0 Å². The van der Waals surface area contributed by atoms with Gasteiger partial charge in [-0.15, -0.1) is 0 Å². The van der Waals surface area contributed by atoms with Crippen LogP contribution in [-0.4, -0.2) is 18.4 Å². The van der Waals surface area contributed by atoms with E-state index in [1.165, 1.54) is 4.90 Å². The van der Waals surface area contributed by atoms with Crippen molar-refractivity contribution in [3.05, 3.63) is 36.4 Å². The van der Waals surface area contributed by atoms with Crippen LogP contribution in [0.25, 0.3) is 10.8 Å². The number of anilines is 1. The Morgan fingerprint density at radius 2 is 1.76 bits per heavy atom. The average molecular weight is 339 g/mol. The van der Waals surface area contributed by atoms with Gasteiger partial charge >= 0.3 is 0 Å². The van der Waals surface area contributed by atoms with E-state index >= 15 is 0 Å². The lowest BCUT2D eigenvalue weighted by molar-refractivity contribution is -0.122. The van der Waals surface area contributed by atoms with Gasteiger partial charge in [-0.3, -0.25) is 14.5 Å². The molecule has 4 nitrogen and oxygen atoms in total. The van der Waals surface area contributed by atoms with Gasteiger partial charge in [-0.2, -0.15) is 0 Å². The minimum absolute atomic E-state index is 0.0882. The van der Waals surface area contributed by atoms with Gasteiger partial charge in [0.1, 0.15) is 5.75 Å². The number of benzene rings is 2. The first-order valence-electron chi connectivity index (χ1n) is 9.11. The van der Waals surface area contributed by atoms with E-state index in [-0.39, 0.29) is 23.7 Å². The van der Waals surface area contributed by atoms with Crippen molar-refractivity contribution in [3.8, 4) is 5.75 Å². The molecule has 0 aromatic heterocycles. The lowest BCUT2D eigenvalue weighted by atomic mass is 9.95. The van der Waals surface area contributed by atoms with Crippen molar-refractivity contribution in [1.29, 1.82) is 0 Å². The third-order valence-electron chi connectivity index (χ3n) is 5.01. The summed E-state index contributed by atoms with van der Waals surface area (Å²) in [4.78, 5) is 26.5. The van der Waals surface area contributed by atoms with E-state index < -0.39 is 0 Å². The van der Waals surface area contributed by atoms with Gasteiger partial charge in [-0.05, 0) is 47.9 Å². The molecule has 0 N–H and O–H groups in total. The van der Waals surface area contributed by atoms with Crippen LogP contribution in [0.3, 0.4) is 0 Å². The first-order valence-corrected chi connectivity index (χ1v) is 9.11. The van der Waals surface area contributed by atoms with Crippen molar-refractivity contribution in [1.82, 2.24) is 0 Å². The monoisotopic (exact) mass is 339 g/mol. The molecular weight excluding hydrogens is 314 g/mol. The fraction of sp³-hybridized carbons (Fsp3) is 0.429. The molecule has 1 heterocycles. The van der Waals surface area contributed by atoms with E-state index in [0.717, 1.165) is 29.4 Å². The molecule has 2 aromatic rings. The first kappa shape index (κ1) is 17.5. The molecule has 2 amide bonds. The molecule has 4 heteroatoms. The third-order valence-corrected chi connectivity index (χ3v) is 5.01. The van der Waals surface area contributed by atoms with Crippen molar-refractivity contribution in [2.75, 3.05) is 11.5 Å². The average Bonchev–Trinajstić information content (AvgIpc) is 2.83. The molecule has 3 rings (SSSR count). The number of imide groups is 1. The normalized spacial score (nSPS) is 20.5. The fourth-order valence-corrected chi connectivity index (χ4v) is 3.42. The van der Waals surface area contributed by atoms with Crippen molar-refractivity contribution in [2.45, 2.75) is 40.0 Å². The number of carbonyl (C=O) groups excluding carboxylic acids is 2. The molecule has 1 aliphatic heterocycles. The van der Waals surface area contributed by atoms with Gasteiger partial charge < -0.3 is 4.74 Å². The van der Waals surface area contributed by atoms with E-state index in [0.29, 0.717) is 18.7 Å². The molecule has 2 aromatic carbocycles. The number of amides is 2. The van der Waals surface area contributed by atoms with Crippen molar-refractivity contribution in [2.24, 2.45) is 11.8 Å². The number of ether oxygens (including phenoxy) is 1. The predicted octanol–water partition coefficient (Wildman–Crippen LogP) is 4.55. The van der Waals surface area contributed by atoms with Crippen LogP contribution in [0, 0.1) is 11.8 Å². The summed E-state index contributed by atoms with van der Waals surface area (Å²) in [5.74, 6) is 0.155. The largest absolute Gasteiger partial charge is 0.494 e. The van der Waals surface area contributed by atoms with Crippen LogP contribution in [0.4, 0.5) is 5.69 Å². The van der Waals surface area contributed by atoms with E-state index in [2.05, 4.69) is 6.92 Å². The number of hydrogen-bond acceptors (Lipinski definition) is 3. The Morgan fingerprint density at radius 1 is 1.00 bits per heavy atom. The Kier molecular flexibility index (Phi) is 5.07. The molecule has 0 radical (unpaired) electrons. The molecule has 0 bridgehead atoms. The van der Waals surface area contributed by atoms with Crippen molar-refractivity contribution < 1.29 is 14.3 Å². The molecule has 25 heavy (non-hydrogen) atoms. The van der Waals surface area contributed by atoms with Gasteiger partial charge in [0.25, 0.3) is 0 Å². The highest BCUT2D eigenvalue weighted by Crippen LogP contribution is 2.34. The molecule has 132 valence electrons. The summed E-state index contributed by atoms with van der Waals surface area (Å²) >= 11 is 0. The summed E-state index contributed by atoms with van der Waals surface area (Å²) < 4.78 is 5.77. The predicted molar refractivity (Wildman–Crippen MR) is 99.8 cm³/mol. The van der Waals surface area contributed by atoms with E-state index in [1.54, 1.807) is 0 Å². The van der Waals surface area contributed by atoms with Crippen molar-refractivity contribution >= 4 is 28.3 Å². The zero-order chi connectivity index (χ0) is 18.0. The van der Waals surface area contributed by atoms with Gasteiger partial charge in [-0.25, -0.2) is 0 Å². The highest BCUT2D eigenvalue weighted by molar-refractivity contribution is 6.22. The van der Waals surface area contributed by atoms with E-state index in [1.807, 2.05) is 50.2 Å². The summed E-state index contributed by atoms with van der Waals surface area (Å²) in [7, 11) is 0. The van der Waals surface area contributed by atoms with Crippen LogP contribution in [0.5, 0.6) is 5.75 Å². The topological polar surface area (TPSA) is 46.6 Å². The number of rotatable bonds is 6. The van der Waals surface area contributed by atoms with Crippen molar-refractivity contribution in [3.63, 3.8) is 0 Å². The maximum atomic E-state index is 12.6.